The molecule has 1 fully saturated rings. The van der Waals surface area contributed by atoms with Gasteiger partial charge in [0.2, 0.25) is 0 Å². The maximum atomic E-state index is 14.3. The fourth-order valence-corrected chi connectivity index (χ4v) is 6.39. The van der Waals surface area contributed by atoms with Gasteiger partial charge in [-0.15, -0.1) is 11.8 Å². The van der Waals surface area contributed by atoms with Crippen LogP contribution in [0.3, 0.4) is 0 Å². The lowest BCUT2D eigenvalue weighted by molar-refractivity contribution is -0.133. The molecule has 0 bridgehead atoms. The lowest BCUT2D eigenvalue weighted by atomic mass is 10.1. The molecule has 30 heavy (non-hydrogen) atoms. The summed E-state index contributed by atoms with van der Waals surface area (Å²) < 4.78 is 44.3. The average molecular weight is 448 g/mol. The molecule has 2 aliphatic rings. The van der Waals surface area contributed by atoms with Gasteiger partial charge in [-0.05, 0) is 18.1 Å². The molecule has 0 saturated carbocycles. The SMILES string of the molecule is O=C(C1=C(c2ccccc2)SCCO1)N(Cc1ccccc1F)[C@H]1CCS(=O)(=O)C1. The number of sulfone groups is 1. The van der Waals surface area contributed by atoms with Crippen LogP contribution in [0.1, 0.15) is 17.5 Å². The van der Waals surface area contributed by atoms with Crippen LogP contribution in [-0.4, -0.2) is 49.1 Å². The third-order valence-corrected chi connectivity index (χ3v) is 8.05. The summed E-state index contributed by atoms with van der Waals surface area (Å²) in [4.78, 5) is 15.8. The molecule has 5 nitrogen and oxygen atoms in total. The second-order valence-corrected chi connectivity index (χ2v) is 10.6. The number of thioether (sulfide) groups is 1. The highest BCUT2D eigenvalue weighted by Gasteiger charge is 2.38. The third-order valence-electron chi connectivity index (χ3n) is 5.22. The molecule has 0 unspecified atom stereocenters. The molecule has 0 radical (unpaired) electrons. The monoisotopic (exact) mass is 447 g/mol. The van der Waals surface area contributed by atoms with Crippen molar-refractivity contribution < 1.29 is 22.3 Å². The van der Waals surface area contributed by atoms with E-state index in [1.165, 1.54) is 22.7 Å². The molecule has 0 spiro atoms. The van der Waals surface area contributed by atoms with Crippen LogP contribution in [0, 0.1) is 5.82 Å². The number of nitrogens with zero attached hydrogens (tertiary/aromatic N) is 1. The highest BCUT2D eigenvalue weighted by atomic mass is 32.2. The Labute approximate surface area is 179 Å². The van der Waals surface area contributed by atoms with Gasteiger partial charge in [-0.25, -0.2) is 12.8 Å². The molecule has 2 aliphatic heterocycles. The Bertz CT molecular complexity index is 1070. The van der Waals surface area contributed by atoms with Crippen molar-refractivity contribution in [3.63, 3.8) is 0 Å². The van der Waals surface area contributed by atoms with E-state index in [0.29, 0.717) is 24.3 Å². The number of hydrogen-bond acceptors (Lipinski definition) is 5. The Kier molecular flexibility index (Phi) is 6.15. The zero-order valence-electron chi connectivity index (χ0n) is 16.3. The van der Waals surface area contributed by atoms with Gasteiger partial charge < -0.3 is 9.64 Å². The first-order valence-corrected chi connectivity index (χ1v) is 12.6. The van der Waals surface area contributed by atoms with Crippen molar-refractivity contribution in [2.24, 2.45) is 0 Å². The summed E-state index contributed by atoms with van der Waals surface area (Å²) in [7, 11) is -3.22. The van der Waals surface area contributed by atoms with Crippen molar-refractivity contribution in [2.75, 3.05) is 23.9 Å². The van der Waals surface area contributed by atoms with Crippen molar-refractivity contribution in [3.8, 4) is 0 Å². The van der Waals surface area contributed by atoms with E-state index in [1.54, 1.807) is 18.2 Å². The van der Waals surface area contributed by atoms with Crippen molar-refractivity contribution in [1.82, 2.24) is 4.90 Å². The molecule has 2 heterocycles. The molecular formula is C22H22FNO4S2. The number of ether oxygens (including phenoxy) is 1. The summed E-state index contributed by atoms with van der Waals surface area (Å²) in [6.07, 6.45) is 0.337. The Morgan fingerprint density at radius 3 is 2.57 bits per heavy atom. The van der Waals surface area contributed by atoms with Crippen LogP contribution in [0.4, 0.5) is 4.39 Å². The maximum Gasteiger partial charge on any atom is 0.290 e. The van der Waals surface area contributed by atoms with Gasteiger partial charge in [-0.3, -0.25) is 4.79 Å². The molecule has 0 aliphatic carbocycles. The molecule has 4 rings (SSSR count). The first kappa shape index (κ1) is 20.9. The number of halogens is 1. The van der Waals surface area contributed by atoms with E-state index in [9.17, 15) is 17.6 Å². The minimum atomic E-state index is -3.22. The minimum absolute atomic E-state index is 0.00864. The van der Waals surface area contributed by atoms with Crippen LogP contribution in [0.5, 0.6) is 0 Å². The summed E-state index contributed by atoms with van der Waals surface area (Å²) >= 11 is 1.54. The topological polar surface area (TPSA) is 63.7 Å². The lowest BCUT2D eigenvalue weighted by Crippen LogP contribution is -2.42. The zero-order valence-corrected chi connectivity index (χ0v) is 17.9. The van der Waals surface area contributed by atoms with Crippen LogP contribution in [0.2, 0.25) is 0 Å². The van der Waals surface area contributed by atoms with Crippen LogP contribution >= 0.6 is 11.8 Å². The normalized spacial score (nSPS) is 20.6. The maximum absolute atomic E-state index is 14.3. The molecule has 2 aromatic rings. The number of hydrogen-bond donors (Lipinski definition) is 0. The first-order valence-electron chi connectivity index (χ1n) is 9.75. The molecule has 0 N–H and O–H groups in total. The molecule has 2 aromatic carbocycles. The number of carbonyl (C=O) groups excluding carboxylic acids is 1. The van der Waals surface area contributed by atoms with Gasteiger partial charge in [0.15, 0.2) is 15.6 Å². The molecule has 8 heteroatoms. The molecular weight excluding hydrogens is 425 g/mol. The zero-order chi connectivity index (χ0) is 21.1. The van der Waals surface area contributed by atoms with Gasteiger partial charge >= 0.3 is 0 Å². The summed E-state index contributed by atoms with van der Waals surface area (Å²) in [5.41, 5.74) is 1.22. The Balaban J connectivity index is 1.73. The van der Waals surface area contributed by atoms with Gasteiger partial charge in [0.05, 0.1) is 23.0 Å². The van der Waals surface area contributed by atoms with Crippen LogP contribution in [0.25, 0.3) is 4.91 Å². The number of rotatable bonds is 5. The van der Waals surface area contributed by atoms with Crippen molar-refractivity contribution in [1.29, 1.82) is 0 Å². The first-order chi connectivity index (χ1) is 14.4. The van der Waals surface area contributed by atoms with E-state index < -0.39 is 27.6 Å². The summed E-state index contributed by atoms with van der Waals surface area (Å²) in [5, 5.41) is 0. The third kappa shape index (κ3) is 4.54. The summed E-state index contributed by atoms with van der Waals surface area (Å²) in [6, 6.07) is 15.2. The van der Waals surface area contributed by atoms with Crippen LogP contribution in [0.15, 0.2) is 60.4 Å². The van der Waals surface area contributed by atoms with Gasteiger partial charge in [0, 0.05) is 23.9 Å². The minimum Gasteiger partial charge on any atom is -0.486 e. The van der Waals surface area contributed by atoms with Crippen LogP contribution < -0.4 is 0 Å². The lowest BCUT2D eigenvalue weighted by Gasteiger charge is -2.31. The van der Waals surface area contributed by atoms with Gasteiger partial charge in [0.25, 0.3) is 5.91 Å². The fourth-order valence-electron chi connectivity index (χ4n) is 3.71. The quantitative estimate of drug-likeness (QED) is 0.702. The summed E-state index contributed by atoms with van der Waals surface area (Å²) in [5.74, 6) is 0.0103. The highest BCUT2D eigenvalue weighted by Crippen LogP contribution is 2.36. The Morgan fingerprint density at radius 2 is 1.87 bits per heavy atom. The van der Waals surface area contributed by atoms with E-state index in [4.69, 9.17) is 4.74 Å². The molecule has 1 atom stereocenters. The molecule has 1 amide bonds. The largest absolute Gasteiger partial charge is 0.486 e. The number of benzene rings is 2. The second kappa shape index (κ2) is 8.81. The number of carbonyl (C=O) groups is 1. The van der Waals surface area contributed by atoms with E-state index in [-0.39, 0.29) is 23.8 Å². The molecule has 0 aromatic heterocycles. The fraction of sp³-hybridized carbons (Fsp3) is 0.318. The highest BCUT2D eigenvalue weighted by molar-refractivity contribution is 8.08. The van der Waals surface area contributed by atoms with E-state index in [2.05, 4.69) is 0 Å². The van der Waals surface area contributed by atoms with Gasteiger partial charge in [-0.2, -0.15) is 0 Å². The summed E-state index contributed by atoms with van der Waals surface area (Å²) in [6.45, 7) is 0.379. The smallest absolute Gasteiger partial charge is 0.290 e. The van der Waals surface area contributed by atoms with Gasteiger partial charge in [0.1, 0.15) is 5.82 Å². The van der Waals surface area contributed by atoms with Crippen molar-refractivity contribution in [3.05, 3.63) is 77.3 Å². The van der Waals surface area contributed by atoms with E-state index in [1.807, 2.05) is 30.3 Å². The van der Waals surface area contributed by atoms with Crippen molar-refractivity contribution >= 4 is 32.4 Å². The average Bonchev–Trinajstić information content (AvgIpc) is 3.12. The molecule has 1 saturated heterocycles. The van der Waals surface area contributed by atoms with Crippen LogP contribution in [-0.2, 0) is 25.9 Å². The standard InChI is InChI=1S/C22H22FNO4S2/c23-19-9-5-4-8-17(19)14-24(18-10-13-30(26,27)15-18)22(25)20-21(29-12-11-28-20)16-6-2-1-3-7-16/h1-9,18H,10-15H2/t18-/m0/s1. The Morgan fingerprint density at radius 1 is 1.13 bits per heavy atom. The van der Waals surface area contributed by atoms with Crippen molar-refractivity contribution in [2.45, 2.75) is 19.0 Å². The van der Waals surface area contributed by atoms with Gasteiger partial charge in [-0.1, -0.05) is 48.5 Å². The molecule has 158 valence electrons. The predicted molar refractivity (Wildman–Crippen MR) is 116 cm³/mol. The Hall–Kier alpha value is -2.32. The van der Waals surface area contributed by atoms with E-state index in [0.717, 1.165) is 10.5 Å². The number of amides is 1. The van der Waals surface area contributed by atoms with E-state index >= 15 is 0 Å². The second-order valence-electron chi connectivity index (χ2n) is 7.30. The predicted octanol–water partition coefficient (Wildman–Crippen LogP) is 3.47.